The van der Waals surface area contributed by atoms with Crippen molar-refractivity contribution in [2.24, 2.45) is 5.10 Å². The highest BCUT2D eigenvalue weighted by atomic mass is 19.1. The number of anilines is 1. The first-order valence-corrected chi connectivity index (χ1v) is 13.2. The summed E-state index contributed by atoms with van der Waals surface area (Å²) in [6.07, 6.45) is 14.1. The van der Waals surface area contributed by atoms with E-state index in [-0.39, 0.29) is 17.8 Å². The minimum Gasteiger partial charge on any atom is -0.439 e. The molecule has 6 rings (SSSR count). The maximum absolute atomic E-state index is 13.1. The number of aromatic nitrogens is 2. The molecule has 9 heteroatoms. The average molecular weight is 525 g/mol. The molecule has 1 aromatic carbocycles. The first kappa shape index (κ1) is 24.9. The van der Waals surface area contributed by atoms with E-state index in [2.05, 4.69) is 42.9 Å². The third kappa shape index (κ3) is 5.88. The second kappa shape index (κ2) is 11.2. The van der Waals surface area contributed by atoms with Crippen LogP contribution in [0.5, 0.6) is 11.6 Å². The van der Waals surface area contributed by atoms with E-state index in [1.807, 2.05) is 18.5 Å². The standard InChI is InChI=1S/C30H29FN6O2/c31-23-5-8-25(9-6-23)39-28-11-7-24(18-33-28)34-30(38)29-26-15-21(4-10-27(26)35-36-29)22-14-20(16-32-17-22)19-37-12-2-1-3-13-37/h4-9,11,14-18,27,35H,1-3,10,12-13,19H2,(H,34,38). The third-order valence-corrected chi connectivity index (χ3v) is 7.09. The van der Waals surface area contributed by atoms with Crippen molar-refractivity contribution in [2.45, 2.75) is 38.3 Å². The topological polar surface area (TPSA) is 91.7 Å². The van der Waals surface area contributed by atoms with Gasteiger partial charge < -0.3 is 15.5 Å². The largest absolute Gasteiger partial charge is 0.439 e. The number of ether oxygens (including phenoxy) is 1. The van der Waals surface area contributed by atoms with Crippen molar-refractivity contribution in [1.29, 1.82) is 0 Å². The molecule has 1 aliphatic carbocycles. The van der Waals surface area contributed by atoms with Gasteiger partial charge in [0.25, 0.3) is 5.91 Å². The Morgan fingerprint density at radius 1 is 1.08 bits per heavy atom. The summed E-state index contributed by atoms with van der Waals surface area (Å²) in [6.45, 7) is 3.18. The van der Waals surface area contributed by atoms with Gasteiger partial charge in [-0.2, -0.15) is 5.10 Å². The number of hydrogen-bond acceptors (Lipinski definition) is 7. The number of nitrogens with zero attached hydrogens (tertiary/aromatic N) is 4. The summed E-state index contributed by atoms with van der Waals surface area (Å²) in [5.41, 5.74) is 8.10. The number of halogens is 1. The van der Waals surface area contributed by atoms with Gasteiger partial charge in [-0.05, 0) is 86.0 Å². The lowest BCUT2D eigenvalue weighted by atomic mass is 9.89. The van der Waals surface area contributed by atoms with Crippen LogP contribution in [-0.4, -0.2) is 45.6 Å². The van der Waals surface area contributed by atoms with Crippen LogP contribution >= 0.6 is 0 Å². The van der Waals surface area contributed by atoms with E-state index < -0.39 is 0 Å². The highest BCUT2D eigenvalue weighted by Gasteiger charge is 2.31. The quantitative estimate of drug-likeness (QED) is 0.448. The Hall–Kier alpha value is -4.37. The Labute approximate surface area is 226 Å². The Balaban J connectivity index is 1.12. The predicted molar refractivity (Wildman–Crippen MR) is 148 cm³/mol. The highest BCUT2D eigenvalue weighted by molar-refractivity contribution is 6.49. The van der Waals surface area contributed by atoms with Gasteiger partial charge in [0, 0.05) is 36.1 Å². The van der Waals surface area contributed by atoms with Crippen LogP contribution in [0.3, 0.4) is 0 Å². The third-order valence-electron chi connectivity index (χ3n) is 7.09. The zero-order valence-electron chi connectivity index (χ0n) is 21.4. The number of carbonyl (C=O) groups is 1. The first-order chi connectivity index (χ1) is 19.1. The average Bonchev–Trinajstić information content (AvgIpc) is 3.40. The second-order valence-electron chi connectivity index (χ2n) is 9.95. The number of piperidine rings is 1. The second-order valence-corrected chi connectivity index (χ2v) is 9.95. The molecule has 1 fully saturated rings. The number of amides is 1. The van der Waals surface area contributed by atoms with Crippen LogP contribution in [-0.2, 0) is 11.3 Å². The van der Waals surface area contributed by atoms with Crippen LogP contribution in [0.1, 0.15) is 36.8 Å². The van der Waals surface area contributed by atoms with Gasteiger partial charge in [0.15, 0.2) is 5.71 Å². The fraction of sp³-hybridized carbons (Fsp3) is 0.267. The van der Waals surface area contributed by atoms with Crippen molar-refractivity contribution >= 4 is 22.9 Å². The number of allylic oxidation sites excluding steroid dienone is 2. The number of hydrogen-bond donors (Lipinski definition) is 2. The number of carbonyl (C=O) groups excluding carboxylic acids is 1. The molecule has 1 saturated heterocycles. The lowest BCUT2D eigenvalue weighted by Gasteiger charge is -2.26. The molecule has 2 N–H and O–H groups in total. The van der Waals surface area contributed by atoms with Crippen molar-refractivity contribution in [3.05, 3.63) is 95.7 Å². The van der Waals surface area contributed by atoms with Crippen LogP contribution in [0, 0.1) is 5.82 Å². The number of rotatable bonds is 7. The Morgan fingerprint density at radius 2 is 1.92 bits per heavy atom. The van der Waals surface area contributed by atoms with E-state index in [9.17, 15) is 9.18 Å². The van der Waals surface area contributed by atoms with Gasteiger partial charge in [-0.3, -0.25) is 14.7 Å². The molecule has 1 unspecified atom stereocenters. The van der Waals surface area contributed by atoms with Gasteiger partial charge in [-0.25, -0.2) is 9.37 Å². The van der Waals surface area contributed by atoms with Crippen LogP contribution < -0.4 is 15.5 Å². The molecule has 2 aliphatic heterocycles. The van der Waals surface area contributed by atoms with Gasteiger partial charge in [0.05, 0.1) is 17.9 Å². The maximum Gasteiger partial charge on any atom is 0.276 e. The minimum atomic E-state index is -0.339. The number of fused-ring (bicyclic) bond motifs is 1. The van der Waals surface area contributed by atoms with Crippen LogP contribution in [0.25, 0.3) is 5.57 Å². The Bertz CT molecular complexity index is 1440. The Kier molecular flexibility index (Phi) is 7.14. The molecule has 8 nitrogen and oxygen atoms in total. The van der Waals surface area contributed by atoms with Crippen molar-refractivity contribution < 1.29 is 13.9 Å². The molecule has 0 radical (unpaired) electrons. The summed E-state index contributed by atoms with van der Waals surface area (Å²) < 4.78 is 18.7. The molecule has 1 amide bonds. The van der Waals surface area contributed by atoms with E-state index in [0.29, 0.717) is 23.0 Å². The molecular weight excluding hydrogens is 495 g/mol. The molecule has 0 spiro atoms. The molecule has 0 bridgehead atoms. The number of hydrazone groups is 1. The van der Waals surface area contributed by atoms with E-state index >= 15 is 0 Å². The number of pyridine rings is 2. The fourth-order valence-electron chi connectivity index (χ4n) is 5.08. The van der Waals surface area contributed by atoms with Crippen molar-refractivity contribution in [3.63, 3.8) is 0 Å². The molecule has 39 heavy (non-hydrogen) atoms. The summed E-state index contributed by atoms with van der Waals surface area (Å²) in [6, 6.07) is 11.2. The molecule has 1 atom stereocenters. The highest BCUT2D eigenvalue weighted by Crippen LogP contribution is 2.30. The van der Waals surface area contributed by atoms with Gasteiger partial charge >= 0.3 is 0 Å². The molecule has 2 aromatic heterocycles. The lowest BCUT2D eigenvalue weighted by Crippen LogP contribution is -2.29. The SMILES string of the molecule is O=C(Nc1ccc(Oc2ccc(F)cc2)nc1)C1=NNC2CC=C(c3cncc(CN4CCCCC4)c3)C=C12. The van der Waals surface area contributed by atoms with E-state index in [0.717, 1.165) is 42.8 Å². The molecule has 198 valence electrons. The minimum absolute atomic E-state index is 0.0383. The monoisotopic (exact) mass is 524 g/mol. The molecule has 3 aliphatic rings. The normalized spacial score (nSPS) is 18.8. The zero-order valence-corrected chi connectivity index (χ0v) is 21.4. The summed E-state index contributed by atoms with van der Waals surface area (Å²) >= 11 is 0. The molecule has 4 heterocycles. The van der Waals surface area contributed by atoms with Crippen LogP contribution in [0.2, 0.25) is 0 Å². The number of likely N-dealkylation sites (tertiary alicyclic amines) is 1. The molecule has 3 aromatic rings. The van der Waals surface area contributed by atoms with Gasteiger partial charge in [0.1, 0.15) is 11.6 Å². The van der Waals surface area contributed by atoms with Gasteiger partial charge in [-0.1, -0.05) is 12.5 Å². The van der Waals surface area contributed by atoms with E-state index in [4.69, 9.17) is 4.74 Å². The predicted octanol–water partition coefficient (Wildman–Crippen LogP) is 5.07. The summed E-state index contributed by atoms with van der Waals surface area (Å²) in [7, 11) is 0. The summed E-state index contributed by atoms with van der Waals surface area (Å²) in [4.78, 5) is 24.4. The fourth-order valence-corrected chi connectivity index (χ4v) is 5.08. The number of benzene rings is 1. The van der Waals surface area contributed by atoms with Crippen LogP contribution in [0.15, 0.2) is 83.9 Å². The maximum atomic E-state index is 13.1. The number of nitrogens with one attached hydrogen (secondary N) is 2. The van der Waals surface area contributed by atoms with E-state index in [1.54, 1.807) is 12.1 Å². The Morgan fingerprint density at radius 3 is 2.72 bits per heavy atom. The van der Waals surface area contributed by atoms with Crippen molar-refractivity contribution in [2.75, 3.05) is 18.4 Å². The summed E-state index contributed by atoms with van der Waals surface area (Å²) in [5, 5.41) is 7.20. The van der Waals surface area contributed by atoms with Gasteiger partial charge in [0.2, 0.25) is 5.88 Å². The van der Waals surface area contributed by atoms with Crippen molar-refractivity contribution in [3.8, 4) is 11.6 Å². The lowest BCUT2D eigenvalue weighted by molar-refractivity contribution is -0.110. The summed E-state index contributed by atoms with van der Waals surface area (Å²) in [5.74, 6) is 0.149. The first-order valence-electron chi connectivity index (χ1n) is 13.2. The molecular formula is C30H29FN6O2. The molecule has 0 saturated carbocycles. The smallest absolute Gasteiger partial charge is 0.276 e. The van der Waals surface area contributed by atoms with Crippen LogP contribution in [0.4, 0.5) is 10.1 Å². The van der Waals surface area contributed by atoms with E-state index in [1.165, 1.54) is 55.3 Å². The van der Waals surface area contributed by atoms with Crippen molar-refractivity contribution in [1.82, 2.24) is 20.3 Å². The van der Waals surface area contributed by atoms with Gasteiger partial charge in [-0.15, -0.1) is 0 Å². The zero-order chi connectivity index (χ0) is 26.6.